The molecule has 1 aromatic rings. The number of benzene rings is 1. The van der Waals surface area contributed by atoms with E-state index in [0.717, 1.165) is 36.4 Å². The first-order valence-corrected chi connectivity index (χ1v) is 7.88. The first-order chi connectivity index (χ1) is 11.1. The topological polar surface area (TPSA) is 60.0 Å². The Kier molecular flexibility index (Phi) is 6.10. The van der Waals surface area contributed by atoms with E-state index in [1.54, 1.807) is 21.3 Å². The Morgan fingerprint density at radius 2 is 2.13 bits per heavy atom. The molecule has 2 unspecified atom stereocenters. The average Bonchev–Trinajstić information content (AvgIpc) is 3.03. The van der Waals surface area contributed by atoms with E-state index in [-0.39, 0.29) is 18.1 Å². The maximum Gasteiger partial charge on any atom is 0.318 e. The highest BCUT2D eigenvalue weighted by Crippen LogP contribution is 2.38. The first-order valence-electron chi connectivity index (χ1n) is 7.88. The molecule has 0 aromatic heterocycles. The number of amides is 2. The number of methoxy groups -OCH3 is 3. The third kappa shape index (κ3) is 4.07. The van der Waals surface area contributed by atoms with Gasteiger partial charge in [-0.2, -0.15) is 0 Å². The number of carbonyl (C=O) groups excluding carboxylic acids is 1. The molecule has 1 heterocycles. The monoisotopic (exact) mass is 322 g/mol. The summed E-state index contributed by atoms with van der Waals surface area (Å²) in [7, 11) is 4.89. The Balaban J connectivity index is 2.16. The molecule has 2 rings (SSSR count). The zero-order chi connectivity index (χ0) is 16.8. The zero-order valence-corrected chi connectivity index (χ0v) is 14.3. The van der Waals surface area contributed by atoms with Gasteiger partial charge in [0.05, 0.1) is 32.9 Å². The van der Waals surface area contributed by atoms with Crippen LogP contribution in [0.5, 0.6) is 11.5 Å². The number of urea groups is 1. The first kappa shape index (κ1) is 17.4. The van der Waals surface area contributed by atoms with E-state index in [1.165, 1.54) is 0 Å². The summed E-state index contributed by atoms with van der Waals surface area (Å²) in [4.78, 5) is 14.4. The van der Waals surface area contributed by atoms with E-state index >= 15 is 0 Å². The zero-order valence-electron chi connectivity index (χ0n) is 14.3. The average molecular weight is 322 g/mol. The van der Waals surface area contributed by atoms with Crippen molar-refractivity contribution in [1.29, 1.82) is 0 Å². The molecule has 2 amide bonds. The number of carbonyl (C=O) groups is 1. The van der Waals surface area contributed by atoms with Gasteiger partial charge in [0.25, 0.3) is 0 Å². The molecule has 128 valence electrons. The van der Waals surface area contributed by atoms with E-state index < -0.39 is 0 Å². The molecule has 1 aliphatic heterocycles. The predicted molar refractivity (Wildman–Crippen MR) is 88.1 cm³/mol. The van der Waals surface area contributed by atoms with Gasteiger partial charge in [0.2, 0.25) is 0 Å². The molecule has 0 bridgehead atoms. The van der Waals surface area contributed by atoms with Crippen molar-refractivity contribution in [3.8, 4) is 11.5 Å². The smallest absolute Gasteiger partial charge is 0.318 e. The van der Waals surface area contributed by atoms with Crippen LogP contribution in [0.4, 0.5) is 4.79 Å². The Hall–Kier alpha value is -1.95. The fourth-order valence-electron chi connectivity index (χ4n) is 3.01. The molecule has 2 atom stereocenters. The predicted octanol–water partition coefficient (Wildman–Crippen LogP) is 2.59. The van der Waals surface area contributed by atoms with Gasteiger partial charge in [0, 0.05) is 25.3 Å². The number of hydrogen-bond acceptors (Lipinski definition) is 4. The number of nitrogens with zero attached hydrogens (tertiary/aromatic N) is 1. The molecule has 1 aliphatic rings. The van der Waals surface area contributed by atoms with Gasteiger partial charge in [-0.05, 0) is 31.9 Å². The molecule has 0 spiro atoms. The normalized spacial score (nSPS) is 18.6. The minimum Gasteiger partial charge on any atom is -0.497 e. The van der Waals surface area contributed by atoms with Crippen molar-refractivity contribution >= 4 is 6.03 Å². The second-order valence-corrected chi connectivity index (χ2v) is 5.77. The van der Waals surface area contributed by atoms with Crippen molar-refractivity contribution < 1.29 is 19.0 Å². The fraction of sp³-hybridized carbons (Fsp3) is 0.588. The molecule has 0 aliphatic carbocycles. The van der Waals surface area contributed by atoms with Gasteiger partial charge in [-0.1, -0.05) is 0 Å². The van der Waals surface area contributed by atoms with Gasteiger partial charge >= 0.3 is 6.03 Å². The molecule has 23 heavy (non-hydrogen) atoms. The minimum absolute atomic E-state index is 0.0191. The second-order valence-electron chi connectivity index (χ2n) is 5.77. The van der Waals surface area contributed by atoms with Crippen LogP contribution < -0.4 is 14.8 Å². The van der Waals surface area contributed by atoms with Gasteiger partial charge in [-0.25, -0.2) is 4.79 Å². The van der Waals surface area contributed by atoms with Crippen LogP contribution in [0, 0.1) is 0 Å². The molecule has 0 saturated carbocycles. The van der Waals surface area contributed by atoms with Gasteiger partial charge in [-0.3, -0.25) is 0 Å². The SMILES string of the molecule is COCC(C)NC(=O)N1CCCC1c1ccc(OC)cc1OC. The lowest BCUT2D eigenvalue weighted by Gasteiger charge is -2.28. The second kappa shape index (κ2) is 8.06. The summed E-state index contributed by atoms with van der Waals surface area (Å²) in [5, 5.41) is 2.98. The van der Waals surface area contributed by atoms with Crippen molar-refractivity contribution in [2.45, 2.75) is 31.8 Å². The summed E-state index contributed by atoms with van der Waals surface area (Å²) in [6.45, 7) is 3.17. The van der Waals surface area contributed by atoms with Crippen molar-refractivity contribution in [1.82, 2.24) is 10.2 Å². The molecular weight excluding hydrogens is 296 g/mol. The van der Waals surface area contributed by atoms with Crippen molar-refractivity contribution in [2.75, 3.05) is 34.5 Å². The largest absolute Gasteiger partial charge is 0.497 e. The van der Waals surface area contributed by atoms with Gasteiger partial charge in [-0.15, -0.1) is 0 Å². The number of hydrogen-bond donors (Lipinski definition) is 1. The fourth-order valence-corrected chi connectivity index (χ4v) is 3.01. The van der Waals surface area contributed by atoms with Crippen LogP contribution in [-0.4, -0.2) is 51.5 Å². The molecule has 1 N–H and O–H groups in total. The summed E-state index contributed by atoms with van der Waals surface area (Å²) in [6, 6.07) is 5.68. The maximum atomic E-state index is 12.5. The third-order valence-electron chi connectivity index (χ3n) is 4.10. The van der Waals surface area contributed by atoms with Crippen LogP contribution in [0.25, 0.3) is 0 Å². The highest BCUT2D eigenvalue weighted by Gasteiger charge is 2.32. The highest BCUT2D eigenvalue weighted by molar-refractivity contribution is 5.75. The molecule has 1 aromatic carbocycles. The Morgan fingerprint density at radius 1 is 1.35 bits per heavy atom. The maximum absolute atomic E-state index is 12.5. The Bertz CT molecular complexity index is 535. The third-order valence-corrected chi connectivity index (χ3v) is 4.10. The standard InChI is InChI=1S/C17H26N2O4/c1-12(11-21-2)18-17(20)19-9-5-6-15(19)14-8-7-13(22-3)10-16(14)23-4/h7-8,10,12,15H,5-6,9,11H2,1-4H3,(H,18,20). The van der Waals surface area contributed by atoms with E-state index in [1.807, 2.05) is 30.0 Å². The van der Waals surface area contributed by atoms with Crippen LogP contribution >= 0.6 is 0 Å². The van der Waals surface area contributed by atoms with Crippen LogP contribution in [-0.2, 0) is 4.74 Å². The Morgan fingerprint density at radius 3 is 2.78 bits per heavy atom. The van der Waals surface area contributed by atoms with Gasteiger partial charge in [0.1, 0.15) is 11.5 Å². The van der Waals surface area contributed by atoms with E-state index in [0.29, 0.717) is 6.61 Å². The lowest BCUT2D eigenvalue weighted by molar-refractivity contribution is 0.157. The van der Waals surface area contributed by atoms with Gasteiger partial charge in [0.15, 0.2) is 0 Å². The van der Waals surface area contributed by atoms with E-state index in [4.69, 9.17) is 14.2 Å². The number of nitrogens with one attached hydrogen (secondary N) is 1. The van der Waals surface area contributed by atoms with Crippen LogP contribution in [0.3, 0.4) is 0 Å². The molecule has 6 heteroatoms. The van der Waals surface area contributed by atoms with Crippen LogP contribution in [0.1, 0.15) is 31.4 Å². The van der Waals surface area contributed by atoms with Crippen molar-refractivity contribution in [3.63, 3.8) is 0 Å². The summed E-state index contributed by atoms with van der Waals surface area (Å²) in [6.07, 6.45) is 1.90. The van der Waals surface area contributed by atoms with Crippen LogP contribution in [0.2, 0.25) is 0 Å². The molecular formula is C17H26N2O4. The summed E-state index contributed by atoms with van der Waals surface area (Å²) >= 11 is 0. The number of likely N-dealkylation sites (tertiary alicyclic amines) is 1. The molecule has 1 fully saturated rings. The van der Waals surface area contributed by atoms with Crippen molar-refractivity contribution in [2.24, 2.45) is 0 Å². The molecule has 1 saturated heterocycles. The number of rotatable bonds is 6. The van der Waals surface area contributed by atoms with E-state index in [9.17, 15) is 4.79 Å². The van der Waals surface area contributed by atoms with Gasteiger partial charge < -0.3 is 24.4 Å². The van der Waals surface area contributed by atoms with Crippen LogP contribution in [0.15, 0.2) is 18.2 Å². The minimum atomic E-state index is -0.0603. The van der Waals surface area contributed by atoms with E-state index in [2.05, 4.69) is 5.32 Å². The Labute approximate surface area is 137 Å². The number of ether oxygens (including phenoxy) is 3. The van der Waals surface area contributed by atoms with Crippen molar-refractivity contribution in [3.05, 3.63) is 23.8 Å². The summed E-state index contributed by atoms with van der Waals surface area (Å²) in [5.41, 5.74) is 1.01. The lowest BCUT2D eigenvalue weighted by atomic mass is 10.0. The molecule has 0 radical (unpaired) electrons. The highest BCUT2D eigenvalue weighted by atomic mass is 16.5. The summed E-state index contributed by atoms with van der Waals surface area (Å²) < 4.78 is 15.8. The molecule has 6 nitrogen and oxygen atoms in total. The summed E-state index contributed by atoms with van der Waals surface area (Å²) in [5.74, 6) is 1.49. The lowest BCUT2D eigenvalue weighted by Crippen LogP contribution is -2.45. The quantitative estimate of drug-likeness (QED) is 0.874.